The van der Waals surface area contributed by atoms with Crippen LogP contribution in [-0.4, -0.2) is 118 Å². The van der Waals surface area contributed by atoms with Crippen LogP contribution < -0.4 is 19.6 Å². The Balaban J connectivity index is 1.47. The summed E-state index contributed by atoms with van der Waals surface area (Å²) in [5.41, 5.74) is -0.562. The third-order valence-electron chi connectivity index (χ3n) is 7.03. The molecule has 2 fully saturated rings. The standard InChI is InChI=1S/C26H30O15/c1-35-12-4-3-11-17(20(31)16-13(36-2)5-9(27)6-14(16)39-11)24(12)41-26-23(34)21(32)19(30)15(40-26)8-38-25-22(33)18(29)10(28)7-37-25/h3-6,10,15,18-19,21-23,25-30,32-34H,7-8H2,1-2H3. The third-order valence-corrected chi connectivity index (χ3v) is 7.03. The molecule has 2 aliphatic heterocycles. The molecule has 3 aromatic rings. The largest absolute Gasteiger partial charge is 0.508 e. The minimum Gasteiger partial charge on any atom is -0.508 e. The Morgan fingerprint density at radius 2 is 1.54 bits per heavy atom. The lowest BCUT2D eigenvalue weighted by Crippen LogP contribution is -2.61. The quantitative estimate of drug-likeness (QED) is 0.154. The fourth-order valence-corrected chi connectivity index (χ4v) is 4.79. The highest BCUT2D eigenvalue weighted by molar-refractivity contribution is 5.97. The average Bonchev–Trinajstić information content (AvgIpc) is 2.95. The molecule has 9 unspecified atom stereocenters. The van der Waals surface area contributed by atoms with Crippen molar-refractivity contribution in [3.8, 4) is 23.0 Å². The van der Waals surface area contributed by atoms with Crippen molar-refractivity contribution in [1.29, 1.82) is 0 Å². The van der Waals surface area contributed by atoms with Crippen LogP contribution in [0.5, 0.6) is 23.0 Å². The molecule has 41 heavy (non-hydrogen) atoms. The molecule has 2 aliphatic rings. The molecular formula is C26H30O15. The molecule has 0 bridgehead atoms. The SMILES string of the molecule is COc1ccc2oc3cc(O)cc(OC)c3c(=O)c2c1OC1OC(COC2OCC(O)C(O)C2O)C(O)C(O)C1O. The number of hydrogen-bond acceptors (Lipinski definition) is 15. The number of methoxy groups -OCH3 is 2. The summed E-state index contributed by atoms with van der Waals surface area (Å²) in [7, 11) is 2.62. The molecule has 0 spiro atoms. The molecule has 15 heteroatoms. The smallest absolute Gasteiger partial charge is 0.229 e. The summed E-state index contributed by atoms with van der Waals surface area (Å²) < 4.78 is 38.6. The van der Waals surface area contributed by atoms with Crippen LogP contribution in [0.4, 0.5) is 0 Å². The normalized spacial score (nSPS) is 32.2. The van der Waals surface area contributed by atoms with E-state index in [1.54, 1.807) is 0 Å². The van der Waals surface area contributed by atoms with Gasteiger partial charge in [0.15, 0.2) is 17.8 Å². The second kappa shape index (κ2) is 11.6. The summed E-state index contributed by atoms with van der Waals surface area (Å²) in [4.78, 5) is 13.7. The van der Waals surface area contributed by atoms with E-state index in [1.165, 1.54) is 38.5 Å². The van der Waals surface area contributed by atoms with Gasteiger partial charge in [0.25, 0.3) is 0 Å². The van der Waals surface area contributed by atoms with Gasteiger partial charge in [-0.2, -0.15) is 0 Å². The second-order valence-corrected chi connectivity index (χ2v) is 9.64. The van der Waals surface area contributed by atoms with Crippen molar-refractivity contribution in [3.63, 3.8) is 0 Å². The number of ether oxygens (including phenoxy) is 6. The van der Waals surface area contributed by atoms with E-state index >= 15 is 0 Å². The van der Waals surface area contributed by atoms with Gasteiger partial charge in [-0.05, 0) is 12.1 Å². The molecule has 224 valence electrons. The van der Waals surface area contributed by atoms with Crippen molar-refractivity contribution >= 4 is 21.9 Å². The highest BCUT2D eigenvalue weighted by atomic mass is 16.7. The number of phenols is 1. The summed E-state index contributed by atoms with van der Waals surface area (Å²) in [6.45, 7) is -0.831. The van der Waals surface area contributed by atoms with E-state index in [0.29, 0.717) is 0 Å². The Morgan fingerprint density at radius 1 is 0.829 bits per heavy atom. The molecule has 0 aliphatic carbocycles. The maximum atomic E-state index is 13.7. The van der Waals surface area contributed by atoms with E-state index in [4.69, 9.17) is 32.8 Å². The molecule has 9 atom stereocenters. The predicted octanol–water partition coefficient (Wildman–Crippen LogP) is -1.69. The fraction of sp³-hybridized carbons (Fsp3) is 0.500. The molecule has 5 rings (SSSR count). The zero-order chi connectivity index (χ0) is 29.6. The van der Waals surface area contributed by atoms with E-state index in [0.717, 1.165) is 0 Å². The first-order chi connectivity index (χ1) is 19.5. The number of rotatable bonds is 7. The van der Waals surface area contributed by atoms with E-state index in [-0.39, 0.29) is 51.5 Å². The van der Waals surface area contributed by atoms with Crippen LogP contribution in [0.3, 0.4) is 0 Å². The number of phenolic OH excluding ortho intramolecular Hbond substituents is 1. The third kappa shape index (κ3) is 5.27. The van der Waals surface area contributed by atoms with Gasteiger partial charge < -0.3 is 68.6 Å². The summed E-state index contributed by atoms with van der Waals surface area (Å²) in [6, 6.07) is 5.34. The van der Waals surface area contributed by atoms with Gasteiger partial charge in [0.05, 0.1) is 27.4 Å². The Morgan fingerprint density at radius 3 is 2.24 bits per heavy atom. The number of aliphatic hydroxyl groups is 6. The molecule has 15 nitrogen and oxygen atoms in total. The van der Waals surface area contributed by atoms with E-state index in [9.17, 15) is 40.5 Å². The Kier molecular flexibility index (Phi) is 8.24. The topological polar surface area (TPSA) is 227 Å². The highest BCUT2D eigenvalue weighted by Gasteiger charge is 2.47. The van der Waals surface area contributed by atoms with Crippen LogP contribution in [0.15, 0.2) is 33.5 Å². The first-order valence-corrected chi connectivity index (χ1v) is 12.5. The van der Waals surface area contributed by atoms with Crippen molar-refractivity contribution in [3.05, 3.63) is 34.5 Å². The summed E-state index contributed by atoms with van der Waals surface area (Å²) in [5, 5.41) is 71.2. The summed E-state index contributed by atoms with van der Waals surface area (Å²) in [6.07, 6.45) is -14.2. The molecule has 2 aromatic carbocycles. The van der Waals surface area contributed by atoms with Gasteiger partial charge in [0.1, 0.15) is 76.2 Å². The minimum atomic E-state index is -1.81. The van der Waals surface area contributed by atoms with E-state index in [2.05, 4.69) is 0 Å². The van der Waals surface area contributed by atoms with Crippen LogP contribution in [0.25, 0.3) is 21.9 Å². The number of aliphatic hydroxyl groups excluding tert-OH is 6. The monoisotopic (exact) mass is 582 g/mol. The lowest BCUT2D eigenvalue weighted by molar-refractivity contribution is -0.307. The first-order valence-electron chi connectivity index (χ1n) is 12.5. The van der Waals surface area contributed by atoms with Crippen molar-refractivity contribution in [1.82, 2.24) is 0 Å². The van der Waals surface area contributed by atoms with Crippen molar-refractivity contribution in [2.24, 2.45) is 0 Å². The molecular weight excluding hydrogens is 552 g/mol. The van der Waals surface area contributed by atoms with Crippen LogP contribution >= 0.6 is 0 Å². The molecule has 2 saturated heterocycles. The molecule has 7 N–H and O–H groups in total. The maximum Gasteiger partial charge on any atom is 0.229 e. The van der Waals surface area contributed by atoms with Crippen molar-refractivity contribution in [2.75, 3.05) is 27.4 Å². The molecule has 0 radical (unpaired) electrons. The number of aromatic hydroxyl groups is 1. The van der Waals surface area contributed by atoms with E-state index < -0.39 is 67.3 Å². The summed E-state index contributed by atoms with van der Waals surface area (Å²) in [5.74, 6) is -0.347. The van der Waals surface area contributed by atoms with Gasteiger partial charge in [-0.15, -0.1) is 0 Å². The van der Waals surface area contributed by atoms with Gasteiger partial charge in [0, 0.05) is 12.1 Å². The Hall–Kier alpha value is -3.25. The van der Waals surface area contributed by atoms with Crippen LogP contribution in [0.1, 0.15) is 0 Å². The fourth-order valence-electron chi connectivity index (χ4n) is 4.79. The van der Waals surface area contributed by atoms with Crippen LogP contribution in [-0.2, 0) is 14.2 Å². The lowest BCUT2D eigenvalue weighted by atomic mass is 9.99. The number of fused-ring (bicyclic) bond motifs is 2. The van der Waals surface area contributed by atoms with Gasteiger partial charge in [-0.1, -0.05) is 0 Å². The lowest BCUT2D eigenvalue weighted by Gasteiger charge is -2.41. The minimum absolute atomic E-state index is 0.0129. The first kappa shape index (κ1) is 29.2. The zero-order valence-electron chi connectivity index (χ0n) is 21.8. The Bertz CT molecular complexity index is 1460. The molecule has 0 amide bonds. The predicted molar refractivity (Wildman–Crippen MR) is 136 cm³/mol. The number of benzene rings is 2. The highest BCUT2D eigenvalue weighted by Crippen LogP contribution is 2.39. The van der Waals surface area contributed by atoms with Crippen LogP contribution in [0.2, 0.25) is 0 Å². The van der Waals surface area contributed by atoms with Crippen molar-refractivity contribution < 1.29 is 68.6 Å². The Labute approximate surface area is 231 Å². The second-order valence-electron chi connectivity index (χ2n) is 9.64. The van der Waals surface area contributed by atoms with Crippen molar-refractivity contribution in [2.45, 2.75) is 55.3 Å². The summed E-state index contributed by atoms with van der Waals surface area (Å²) >= 11 is 0. The zero-order valence-corrected chi connectivity index (χ0v) is 21.8. The maximum absolute atomic E-state index is 13.7. The van der Waals surface area contributed by atoms with Gasteiger partial charge in [0.2, 0.25) is 11.7 Å². The molecule has 3 heterocycles. The van der Waals surface area contributed by atoms with Gasteiger partial charge in [-0.3, -0.25) is 4.79 Å². The van der Waals surface area contributed by atoms with Gasteiger partial charge in [-0.25, -0.2) is 0 Å². The average molecular weight is 583 g/mol. The molecule has 0 saturated carbocycles. The van der Waals surface area contributed by atoms with E-state index in [1.807, 2.05) is 0 Å². The van der Waals surface area contributed by atoms with Gasteiger partial charge >= 0.3 is 0 Å². The number of hydrogen-bond donors (Lipinski definition) is 7. The van der Waals surface area contributed by atoms with Crippen LogP contribution in [0, 0.1) is 0 Å². The molecule has 1 aromatic heterocycles.